The molecule has 3 aromatic rings. The van der Waals surface area contributed by atoms with Crippen molar-refractivity contribution in [1.82, 2.24) is 14.4 Å². The zero-order valence-electron chi connectivity index (χ0n) is 13.3. The summed E-state index contributed by atoms with van der Waals surface area (Å²) in [5.41, 5.74) is 11.2. The Bertz CT molecular complexity index is 798. The molecule has 4 heteroatoms. The van der Waals surface area contributed by atoms with E-state index >= 15 is 0 Å². The van der Waals surface area contributed by atoms with E-state index in [1.54, 1.807) is 6.20 Å². The summed E-state index contributed by atoms with van der Waals surface area (Å²) in [6.45, 7) is 0.404. The molecule has 23 heavy (non-hydrogen) atoms. The van der Waals surface area contributed by atoms with Crippen molar-refractivity contribution in [3.8, 4) is 11.3 Å². The van der Waals surface area contributed by atoms with Gasteiger partial charge in [0.05, 0.1) is 17.6 Å². The minimum Gasteiger partial charge on any atom is -0.325 e. The largest absolute Gasteiger partial charge is 0.325 e. The molecule has 0 amide bonds. The van der Waals surface area contributed by atoms with Crippen LogP contribution < -0.4 is 5.73 Å². The SMILES string of the molecule is NCc1nccn2c(-c3ccc(C4CCCCC4)cc3)cnc12. The summed E-state index contributed by atoms with van der Waals surface area (Å²) in [4.78, 5) is 8.80. The van der Waals surface area contributed by atoms with Crippen LogP contribution in [0.5, 0.6) is 0 Å². The number of fused-ring (bicyclic) bond motifs is 1. The normalized spacial score (nSPS) is 16.0. The zero-order valence-corrected chi connectivity index (χ0v) is 13.3. The third-order valence-corrected chi connectivity index (χ3v) is 4.98. The first-order valence-corrected chi connectivity index (χ1v) is 8.48. The van der Waals surface area contributed by atoms with Crippen LogP contribution in [0.4, 0.5) is 0 Å². The molecule has 1 aliphatic carbocycles. The minimum atomic E-state index is 0.404. The molecule has 2 N–H and O–H groups in total. The molecule has 0 atom stereocenters. The van der Waals surface area contributed by atoms with Crippen molar-refractivity contribution in [2.24, 2.45) is 5.73 Å². The van der Waals surface area contributed by atoms with Gasteiger partial charge in [-0.05, 0) is 24.3 Å². The number of imidazole rings is 1. The van der Waals surface area contributed by atoms with E-state index in [0.717, 1.165) is 23.0 Å². The fourth-order valence-electron chi connectivity index (χ4n) is 3.69. The van der Waals surface area contributed by atoms with Crippen LogP contribution in [0.2, 0.25) is 0 Å². The lowest BCUT2D eigenvalue weighted by Gasteiger charge is -2.22. The van der Waals surface area contributed by atoms with Gasteiger partial charge in [-0.3, -0.25) is 9.38 Å². The van der Waals surface area contributed by atoms with Gasteiger partial charge in [0.2, 0.25) is 0 Å². The molecule has 1 aromatic carbocycles. The summed E-state index contributed by atoms with van der Waals surface area (Å²) in [5, 5.41) is 0. The Hall–Kier alpha value is -2.20. The Morgan fingerprint density at radius 1 is 1.04 bits per heavy atom. The monoisotopic (exact) mass is 306 g/mol. The molecule has 0 aliphatic heterocycles. The second-order valence-corrected chi connectivity index (χ2v) is 6.37. The number of rotatable bonds is 3. The van der Waals surface area contributed by atoms with Gasteiger partial charge in [-0.2, -0.15) is 0 Å². The quantitative estimate of drug-likeness (QED) is 0.798. The van der Waals surface area contributed by atoms with Crippen LogP contribution in [0.3, 0.4) is 0 Å². The molecule has 0 saturated heterocycles. The smallest absolute Gasteiger partial charge is 0.160 e. The molecule has 0 spiro atoms. The lowest BCUT2D eigenvalue weighted by atomic mass is 9.84. The lowest BCUT2D eigenvalue weighted by Crippen LogP contribution is -2.04. The van der Waals surface area contributed by atoms with E-state index in [-0.39, 0.29) is 0 Å². The van der Waals surface area contributed by atoms with Crippen molar-refractivity contribution < 1.29 is 0 Å². The lowest BCUT2D eigenvalue weighted by molar-refractivity contribution is 0.443. The standard InChI is InChI=1S/C19H22N4/c20-12-17-19-22-13-18(23(19)11-10-21-17)16-8-6-15(7-9-16)14-4-2-1-3-5-14/h6-11,13-14H,1-5,12,20H2. The van der Waals surface area contributed by atoms with Crippen molar-refractivity contribution in [1.29, 1.82) is 0 Å². The predicted molar refractivity (Wildman–Crippen MR) is 92.1 cm³/mol. The van der Waals surface area contributed by atoms with Crippen LogP contribution in [0.25, 0.3) is 16.9 Å². The molecule has 1 saturated carbocycles. The Morgan fingerprint density at radius 2 is 1.83 bits per heavy atom. The number of hydrogen-bond acceptors (Lipinski definition) is 3. The van der Waals surface area contributed by atoms with Gasteiger partial charge in [-0.25, -0.2) is 4.98 Å². The molecule has 4 rings (SSSR count). The van der Waals surface area contributed by atoms with Gasteiger partial charge >= 0.3 is 0 Å². The first kappa shape index (κ1) is 14.4. The predicted octanol–water partition coefficient (Wildman–Crippen LogP) is 3.90. The fourth-order valence-corrected chi connectivity index (χ4v) is 3.69. The Balaban J connectivity index is 1.68. The van der Waals surface area contributed by atoms with E-state index in [0.29, 0.717) is 6.54 Å². The Morgan fingerprint density at radius 3 is 2.57 bits per heavy atom. The molecule has 0 bridgehead atoms. The van der Waals surface area contributed by atoms with E-state index in [4.69, 9.17) is 5.73 Å². The van der Waals surface area contributed by atoms with Gasteiger partial charge in [0.25, 0.3) is 0 Å². The minimum absolute atomic E-state index is 0.404. The Kier molecular flexibility index (Phi) is 3.83. The number of nitrogens with zero attached hydrogens (tertiary/aromatic N) is 3. The second-order valence-electron chi connectivity index (χ2n) is 6.37. The summed E-state index contributed by atoms with van der Waals surface area (Å²) in [6.07, 6.45) is 12.5. The van der Waals surface area contributed by atoms with Crippen molar-refractivity contribution in [2.75, 3.05) is 0 Å². The van der Waals surface area contributed by atoms with Gasteiger partial charge < -0.3 is 5.73 Å². The maximum Gasteiger partial charge on any atom is 0.160 e. The average Bonchev–Trinajstić information content (AvgIpc) is 3.07. The summed E-state index contributed by atoms with van der Waals surface area (Å²) < 4.78 is 2.07. The van der Waals surface area contributed by atoms with Crippen LogP contribution in [-0.2, 0) is 6.54 Å². The molecule has 118 valence electrons. The van der Waals surface area contributed by atoms with Crippen molar-refractivity contribution in [3.63, 3.8) is 0 Å². The van der Waals surface area contributed by atoms with E-state index in [1.807, 2.05) is 12.4 Å². The summed E-state index contributed by atoms with van der Waals surface area (Å²) in [6, 6.07) is 9.01. The summed E-state index contributed by atoms with van der Waals surface area (Å²) >= 11 is 0. The average molecular weight is 306 g/mol. The molecular weight excluding hydrogens is 284 g/mol. The maximum absolute atomic E-state index is 5.75. The highest BCUT2D eigenvalue weighted by molar-refractivity contribution is 5.64. The highest BCUT2D eigenvalue weighted by Gasteiger charge is 2.16. The Labute approximate surface area is 136 Å². The first-order valence-electron chi connectivity index (χ1n) is 8.48. The van der Waals surface area contributed by atoms with Gasteiger partial charge in [0, 0.05) is 24.5 Å². The van der Waals surface area contributed by atoms with Crippen LogP contribution >= 0.6 is 0 Å². The summed E-state index contributed by atoms with van der Waals surface area (Å²) in [5.74, 6) is 0.744. The third kappa shape index (κ3) is 2.63. The maximum atomic E-state index is 5.75. The number of aromatic nitrogens is 3. The van der Waals surface area contributed by atoms with Gasteiger partial charge in [0.1, 0.15) is 0 Å². The van der Waals surface area contributed by atoms with Gasteiger partial charge in [-0.15, -0.1) is 0 Å². The van der Waals surface area contributed by atoms with Crippen LogP contribution in [-0.4, -0.2) is 14.4 Å². The third-order valence-electron chi connectivity index (χ3n) is 4.98. The van der Waals surface area contributed by atoms with E-state index in [1.165, 1.54) is 43.2 Å². The number of benzene rings is 1. The molecule has 4 nitrogen and oxygen atoms in total. The van der Waals surface area contributed by atoms with Crippen LogP contribution in [0.1, 0.15) is 49.3 Å². The van der Waals surface area contributed by atoms with E-state index in [2.05, 4.69) is 38.6 Å². The van der Waals surface area contributed by atoms with Crippen molar-refractivity contribution in [2.45, 2.75) is 44.6 Å². The number of nitrogens with two attached hydrogens (primary N) is 1. The molecular formula is C19H22N4. The van der Waals surface area contributed by atoms with Gasteiger partial charge in [0.15, 0.2) is 5.65 Å². The zero-order chi connectivity index (χ0) is 15.6. The van der Waals surface area contributed by atoms with Crippen LogP contribution in [0, 0.1) is 0 Å². The highest BCUT2D eigenvalue weighted by atomic mass is 15.0. The van der Waals surface area contributed by atoms with E-state index in [9.17, 15) is 0 Å². The van der Waals surface area contributed by atoms with E-state index < -0.39 is 0 Å². The molecule has 2 heterocycles. The molecule has 2 aromatic heterocycles. The second kappa shape index (κ2) is 6.13. The fraction of sp³-hybridized carbons (Fsp3) is 0.368. The molecule has 0 unspecified atom stereocenters. The van der Waals surface area contributed by atoms with Crippen LogP contribution in [0.15, 0.2) is 42.9 Å². The molecule has 1 aliphatic rings. The first-order chi connectivity index (χ1) is 11.4. The number of hydrogen-bond donors (Lipinski definition) is 1. The molecule has 0 radical (unpaired) electrons. The molecule has 1 fully saturated rings. The van der Waals surface area contributed by atoms with Gasteiger partial charge in [-0.1, -0.05) is 43.5 Å². The van der Waals surface area contributed by atoms with Crippen molar-refractivity contribution in [3.05, 3.63) is 54.1 Å². The van der Waals surface area contributed by atoms with Crippen molar-refractivity contribution >= 4 is 5.65 Å². The highest BCUT2D eigenvalue weighted by Crippen LogP contribution is 2.33. The topological polar surface area (TPSA) is 56.2 Å². The summed E-state index contributed by atoms with van der Waals surface area (Å²) in [7, 11) is 0.